The van der Waals surface area contributed by atoms with Crippen LogP contribution in [0.15, 0.2) is 36.4 Å². The Morgan fingerprint density at radius 2 is 1.86 bits per heavy atom. The molecule has 0 bridgehead atoms. The Bertz CT molecular complexity index is 1030. The van der Waals surface area contributed by atoms with E-state index in [1.54, 1.807) is 0 Å². The van der Waals surface area contributed by atoms with Gasteiger partial charge in [-0.25, -0.2) is 13.8 Å². The highest BCUT2D eigenvalue weighted by atomic mass is 32.1. The Morgan fingerprint density at radius 1 is 1.11 bits per heavy atom. The molecule has 2 heterocycles. The second-order valence-corrected chi connectivity index (χ2v) is 7.96. The molecule has 146 valence electrons. The van der Waals surface area contributed by atoms with Crippen molar-refractivity contribution in [2.45, 2.75) is 0 Å². The number of hydrogen-bond acceptors (Lipinski definition) is 5. The van der Waals surface area contributed by atoms with E-state index in [1.165, 1.54) is 17.4 Å². The predicted molar refractivity (Wildman–Crippen MR) is 108 cm³/mol. The van der Waals surface area contributed by atoms with E-state index in [9.17, 15) is 13.6 Å². The second kappa shape index (κ2) is 7.35. The molecule has 1 saturated heterocycles. The number of aromatic nitrogens is 1. The molecule has 1 amide bonds. The van der Waals surface area contributed by atoms with Crippen LogP contribution in [-0.2, 0) is 0 Å². The van der Waals surface area contributed by atoms with Crippen LogP contribution in [0, 0.1) is 11.6 Å². The smallest absolute Gasteiger partial charge is 0.254 e. The number of hydrogen-bond donors (Lipinski definition) is 0. The van der Waals surface area contributed by atoms with Crippen molar-refractivity contribution in [3.05, 3.63) is 53.6 Å². The molecule has 0 N–H and O–H groups in total. The lowest BCUT2D eigenvalue weighted by Gasteiger charge is -2.34. The molecular weight excluding hydrogens is 382 g/mol. The number of rotatable bonds is 3. The maximum atomic E-state index is 13.9. The minimum atomic E-state index is -0.646. The number of nitrogens with zero attached hydrogens (tertiary/aromatic N) is 4. The molecule has 5 nitrogen and oxygen atoms in total. The number of carbonyl (C=O) groups excluding carboxylic acids is 1. The van der Waals surface area contributed by atoms with Crippen molar-refractivity contribution < 1.29 is 13.6 Å². The number of anilines is 2. The van der Waals surface area contributed by atoms with Crippen LogP contribution in [0.3, 0.4) is 0 Å². The largest absolute Gasteiger partial charge is 0.378 e. The van der Waals surface area contributed by atoms with Crippen molar-refractivity contribution in [1.82, 2.24) is 9.88 Å². The molecule has 1 aliphatic heterocycles. The lowest BCUT2D eigenvalue weighted by molar-refractivity contribution is 0.0747. The van der Waals surface area contributed by atoms with Crippen LogP contribution in [-0.4, -0.2) is 56.1 Å². The molecule has 0 aliphatic carbocycles. The molecule has 2 aromatic carbocycles. The minimum Gasteiger partial charge on any atom is -0.378 e. The summed E-state index contributed by atoms with van der Waals surface area (Å²) in [5.41, 5.74) is 1.84. The third-order valence-corrected chi connectivity index (χ3v) is 5.91. The van der Waals surface area contributed by atoms with Crippen LogP contribution in [0.1, 0.15) is 10.4 Å². The molecule has 0 atom stereocenters. The summed E-state index contributed by atoms with van der Waals surface area (Å²) in [5, 5.41) is 0.654. The zero-order chi connectivity index (χ0) is 19.8. The van der Waals surface area contributed by atoms with Crippen LogP contribution in [0.5, 0.6) is 0 Å². The van der Waals surface area contributed by atoms with Crippen molar-refractivity contribution >= 4 is 38.3 Å². The third-order valence-electron chi connectivity index (χ3n) is 4.85. The van der Waals surface area contributed by atoms with Crippen LogP contribution in [0.4, 0.5) is 19.6 Å². The fourth-order valence-electron chi connectivity index (χ4n) is 3.28. The predicted octanol–water partition coefficient (Wildman–Crippen LogP) is 3.60. The first-order chi connectivity index (χ1) is 13.4. The maximum Gasteiger partial charge on any atom is 0.254 e. The van der Waals surface area contributed by atoms with Crippen molar-refractivity contribution in [3.8, 4) is 0 Å². The van der Waals surface area contributed by atoms with Gasteiger partial charge in [0.05, 0.1) is 4.70 Å². The Labute approximate surface area is 165 Å². The molecule has 0 radical (unpaired) electrons. The van der Waals surface area contributed by atoms with Gasteiger partial charge >= 0.3 is 0 Å². The molecule has 0 spiro atoms. The highest BCUT2D eigenvalue weighted by Gasteiger charge is 2.24. The molecule has 1 aliphatic rings. The number of carbonyl (C=O) groups is 1. The van der Waals surface area contributed by atoms with Gasteiger partial charge in [-0.2, -0.15) is 0 Å². The van der Waals surface area contributed by atoms with E-state index in [1.807, 2.05) is 53.1 Å². The normalized spacial score (nSPS) is 14.6. The van der Waals surface area contributed by atoms with Crippen molar-refractivity contribution in [2.24, 2.45) is 0 Å². The molecule has 8 heteroatoms. The SMILES string of the molecule is CN(C)c1cccc(C(=O)N2CCN(c3nc4c(F)cc(F)cc4s3)CC2)c1. The Kier molecular flexibility index (Phi) is 4.89. The highest BCUT2D eigenvalue weighted by Crippen LogP contribution is 2.31. The van der Waals surface area contributed by atoms with Crippen LogP contribution in [0.2, 0.25) is 0 Å². The molecular formula is C20H20F2N4OS. The first-order valence-electron chi connectivity index (χ1n) is 8.99. The van der Waals surface area contributed by atoms with Crippen molar-refractivity contribution in [3.63, 3.8) is 0 Å². The monoisotopic (exact) mass is 402 g/mol. The van der Waals surface area contributed by atoms with Crippen molar-refractivity contribution in [2.75, 3.05) is 50.1 Å². The second-order valence-electron chi connectivity index (χ2n) is 6.95. The molecule has 4 rings (SSSR count). The first kappa shape index (κ1) is 18.6. The van der Waals surface area contributed by atoms with Crippen LogP contribution >= 0.6 is 11.3 Å². The maximum absolute atomic E-state index is 13.9. The lowest BCUT2D eigenvalue weighted by atomic mass is 10.1. The summed E-state index contributed by atoms with van der Waals surface area (Å²) >= 11 is 1.27. The molecule has 0 saturated carbocycles. The quantitative estimate of drug-likeness (QED) is 0.671. The summed E-state index contributed by atoms with van der Waals surface area (Å²) in [5.74, 6) is -1.25. The third kappa shape index (κ3) is 3.52. The first-order valence-corrected chi connectivity index (χ1v) is 9.81. The van der Waals surface area contributed by atoms with Gasteiger partial charge in [0.25, 0.3) is 5.91 Å². The van der Waals surface area contributed by atoms with Gasteiger partial charge in [0.15, 0.2) is 10.9 Å². The Morgan fingerprint density at radius 3 is 2.57 bits per heavy atom. The molecule has 3 aromatic rings. The van der Waals surface area contributed by atoms with E-state index in [-0.39, 0.29) is 11.4 Å². The van der Waals surface area contributed by atoms with Gasteiger partial charge < -0.3 is 14.7 Å². The Balaban J connectivity index is 1.47. The fraction of sp³-hybridized carbons (Fsp3) is 0.300. The minimum absolute atomic E-state index is 0.000709. The van der Waals surface area contributed by atoms with Gasteiger partial charge in [-0.15, -0.1) is 0 Å². The average molecular weight is 402 g/mol. The number of benzene rings is 2. The molecule has 28 heavy (non-hydrogen) atoms. The summed E-state index contributed by atoms with van der Waals surface area (Å²) in [6.07, 6.45) is 0. The average Bonchev–Trinajstić information content (AvgIpc) is 3.12. The number of halogens is 2. The molecule has 1 fully saturated rings. The van der Waals surface area contributed by atoms with Gasteiger partial charge in [0, 0.05) is 57.6 Å². The zero-order valence-electron chi connectivity index (χ0n) is 15.7. The summed E-state index contributed by atoms with van der Waals surface area (Å²) in [6.45, 7) is 2.31. The molecule has 1 aromatic heterocycles. The number of fused-ring (bicyclic) bond motifs is 1. The van der Waals surface area contributed by atoms with E-state index in [0.29, 0.717) is 41.6 Å². The summed E-state index contributed by atoms with van der Waals surface area (Å²) in [4.78, 5) is 23.0. The van der Waals surface area contributed by atoms with Gasteiger partial charge in [-0.1, -0.05) is 17.4 Å². The van der Waals surface area contributed by atoms with E-state index in [2.05, 4.69) is 4.98 Å². The fourth-order valence-corrected chi connectivity index (χ4v) is 4.34. The van der Waals surface area contributed by atoms with Gasteiger partial charge in [-0.3, -0.25) is 4.79 Å². The lowest BCUT2D eigenvalue weighted by Crippen LogP contribution is -2.48. The van der Waals surface area contributed by atoms with E-state index in [4.69, 9.17) is 0 Å². The van der Waals surface area contributed by atoms with Gasteiger partial charge in [-0.05, 0) is 24.3 Å². The van der Waals surface area contributed by atoms with E-state index < -0.39 is 11.6 Å². The Hall–Kier alpha value is -2.74. The summed E-state index contributed by atoms with van der Waals surface area (Å²) < 4.78 is 27.8. The topological polar surface area (TPSA) is 39.7 Å². The van der Waals surface area contributed by atoms with Gasteiger partial charge in [0.2, 0.25) is 0 Å². The number of piperazine rings is 1. The summed E-state index contributed by atoms with van der Waals surface area (Å²) in [7, 11) is 3.88. The number of amides is 1. The summed E-state index contributed by atoms with van der Waals surface area (Å²) in [6, 6.07) is 9.71. The van der Waals surface area contributed by atoms with Crippen LogP contribution < -0.4 is 9.80 Å². The van der Waals surface area contributed by atoms with Crippen molar-refractivity contribution in [1.29, 1.82) is 0 Å². The number of thiazole rings is 1. The van der Waals surface area contributed by atoms with Gasteiger partial charge in [0.1, 0.15) is 11.3 Å². The van der Waals surface area contributed by atoms with E-state index in [0.717, 1.165) is 11.8 Å². The highest BCUT2D eigenvalue weighted by molar-refractivity contribution is 7.22. The zero-order valence-corrected chi connectivity index (χ0v) is 16.5. The van der Waals surface area contributed by atoms with E-state index >= 15 is 0 Å². The molecule has 0 unspecified atom stereocenters. The van der Waals surface area contributed by atoms with Crippen LogP contribution in [0.25, 0.3) is 10.2 Å². The standard InChI is InChI=1S/C20H20F2N4OS/c1-24(2)15-5-3-4-13(10-15)19(27)25-6-8-26(9-7-25)20-23-18-16(22)11-14(21)12-17(18)28-20/h3-5,10-12H,6-9H2,1-2H3.